The van der Waals surface area contributed by atoms with Crippen LogP contribution in [0.1, 0.15) is 23.3 Å². The molecule has 0 aliphatic carbocycles. The van der Waals surface area contributed by atoms with Gasteiger partial charge in [0.05, 0.1) is 16.9 Å². The standard InChI is InChI=1S/C17H20ClN7O/c1-19-16(26)15-13(18)6-12(7-21-15)23-17-20-5-4-14(24-17)25-8-10-2-3-11(9-25)22-10/h4-7,10-11,22H,2-3,8-9H2,1H3,(H,19,26)(H,20,23,24)/t10-,11+. The summed E-state index contributed by atoms with van der Waals surface area (Å²) in [7, 11) is 1.54. The minimum Gasteiger partial charge on any atom is -0.354 e. The van der Waals surface area contributed by atoms with Crippen LogP contribution in [0.25, 0.3) is 0 Å². The number of carbonyl (C=O) groups is 1. The topological polar surface area (TPSA) is 95.1 Å². The summed E-state index contributed by atoms with van der Waals surface area (Å²) in [6.07, 6.45) is 5.72. The Morgan fingerprint density at radius 1 is 1.31 bits per heavy atom. The van der Waals surface area contributed by atoms with E-state index in [9.17, 15) is 4.79 Å². The molecule has 4 heterocycles. The van der Waals surface area contributed by atoms with Gasteiger partial charge in [0, 0.05) is 38.4 Å². The minimum atomic E-state index is -0.326. The van der Waals surface area contributed by atoms with Crippen molar-refractivity contribution in [2.75, 3.05) is 30.4 Å². The summed E-state index contributed by atoms with van der Waals surface area (Å²) in [5.74, 6) is 1.05. The van der Waals surface area contributed by atoms with Gasteiger partial charge in [-0.05, 0) is 25.0 Å². The molecule has 9 heteroatoms. The largest absolute Gasteiger partial charge is 0.354 e. The van der Waals surface area contributed by atoms with Crippen LogP contribution >= 0.6 is 11.6 Å². The van der Waals surface area contributed by atoms with Crippen molar-refractivity contribution in [1.82, 2.24) is 25.6 Å². The number of piperazine rings is 1. The van der Waals surface area contributed by atoms with Crippen LogP contribution in [0.4, 0.5) is 17.5 Å². The average molecular weight is 374 g/mol. The molecule has 0 unspecified atom stereocenters. The number of carbonyl (C=O) groups excluding carboxylic acids is 1. The number of amides is 1. The van der Waals surface area contributed by atoms with Gasteiger partial charge >= 0.3 is 0 Å². The molecule has 2 fully saturated rings. The molecule has 2 bridgehead atoms. The van der Waals surface area contributed by atoms with Crippen molar-refractivity contribution >= 4 is 35.0 Å². The molecule has 0 saturated carbocycles. The van der Waals surface area contributed by atoms with E-state index < -0.39 is 0 Å². The number of anilines is 3. The second-order valence-electron chi connectivity index (χ2n) is 6.54. The predicted molar refractivity (Wildman–Crippen MR) is 100 cm³/mol. The number of halogens is 1. The Morgan fingerprint density at radius 3 is 2.77 bits per heavy atom. The lowest BCUT2D eigenvalue weighted by molar-refractivity contribution is 0.0958. The van der Waals surface area contributed by atoms with E-state index in [2.05, 4.69) is 35.8 Å². The first kappa shape index (κ1) is 17.0. The van der Waals surface area contributed by atoms with E-state index in [1.54, 1.807) is 12.3 Å². The molecular weight excluding hydrogens is 354 g/mol. The van der Waals surface area contributed by atoms with Crippen molar-refractivity contribution in [3.05, 3.63) is 35.2 Å². The molecule has 8 nitrogen and oxygen atoms in total. The smallest absolute Gasteiger partial charge is 0.271 e. The van der Waals surface area contributed by atoms with Crippen molar-refractivity contribution < 1.29 is 4.79 Å². The lowest BCUT2D eigenvalue weighted by atomic mass is 10.2. The van der Waals surface area contributed by atoms with E-state index in [1.165, 1.54) is 26.1 Å². The van der Waals surface area contributed by atoms with Crippen molar-refractivity contribution in [3.8, 4) is 0 Å². The molecule has 2 saturated heterocycles. The molecule has 2 aromatic rings. The van der Waals surface area contributed by atoms with E-state index in [-0.39, 0.29) is 16.6 Å². The highest BCUT2D eigenvalue weighted by molar-refractivity contribution is 6.33. The molecule has 2 aromatic heterocycles. The van der Waals surface area contributed by atoms with Crippen LogP contribution in [0.15, 0.2) is 24.5 Å². The highest BCUT2D eigenvalue weighted by atomic mass is 35.5. The monoisotopic (exact) mass is 373 g/mol. The molecule has 0 spiro atoms. The number of hydrogen-bond donors (Lipinski definition) is 3. The lowest BCUT2D eigenvalue weighted by Gasteiger charge is -2.33. The molecule has 136 valence electrons. The first-order chi connectivity index (χ1) is 12.6. The van der Waals surface area contributed by atoms with Gasteiger partial charge in [0.2, 0.25) is 5.95 Å². The average Bonchev–Trinajstić information content (AvgIpc) is 2.99. The highest BCUT2D eigenvalue weighted by Crippen LogP contribution is 2.25. The summed E-state index contributed by atoms with van der Waals surface area (Å²) in [5, 5.41) is 9.49. The Morgan fingerprint density at radius 2 is 2.08 bits per heavy atom. The quantitative estimate of drug-likeness (QED) is 0.748. The number of aromatic nitrogens is 3. The maximum atomic E-state index is 11.7. The molecule has 0 radical (unpaired) electrons. The Bertz CT molecular complexity index is 819. The van der Waals surface area contributed by atoms with Crippen molar-refractivity contribution in [2.45, 2.75) is 24.9 Å². The maximum Gasteiger partial charge on any atom is 0.271 e. The predicted octanol–water partition coefficient (Wildman–Crippen LogP) is 1.57. The van der Waals surface area contributed by atoms with Crippen LogP contribution in [0.2, 0.25) is 5.02 Å². The zero-order chi connectivity index (χ0) is 18.1. The van der Waals surface area contributed by atoms with E-state index in [0.29, 0.717) is 23.7 Å². The lowest BCUT2D eigenvalue weighted by Crippen LogP contribution is -2.51. The van der Waals surface area contributed by atoms with Crippen molar-refractivity contribution in [1.29, 1.82) is 0 Å². The summed E-state index contributed by atoms with van der Waals surface area (Å²) >= 11 is 6.14. The summed E-state index contributed by atoms with van der Waals surface area (Å²) in [6, 6.07) is 4.65. The van der Waals surface area contributed by atoms with Crippen LogP contribution in [-0.2, 0) is 0 Å². The first-order valence-corrected chi connectivity index (χ1v) is 8.99. The van der Waals surface area contributed by atoms with E-state index in [4.69, 9.17) is 11.6 Å². The molecule has 26 heavy (non-hydrogen) atoms. The van der Waals surface area contributed by atoms with Crippen LogP contribution < -0.4 is 20.9 Å². The molecular formula is C17H20ClN7O. The third kappa shape index (κ3) is 3.42. The first-order valence-electron chi connectivity index (χ1n) is 8.61. The molecule has 3 N–H and O–H groups in total. The van der Waals surface area contributed by atoms with Gasteiger partial charge in [0.15, 0.2) is 0 Å². The number of nitrogens with one attached hydrogen (secondary N) is 3. The van der Waals surface area contributed by atoms with Crippen molar-refractivity contribution in [2.24, 2.45) is 0 Å². The maximum absolute atomic E-state index is 11.7. The number of rotatable bonds is 4. The Hall–Kier alpha value is -2.45. The van der Waals surface area contributed by atoms with E-state index in [0.717, 1.165) is 18.9 Å². The molecule has 2 aliphatic rings. The molecule has 4 rings (SSSR count). The zero-order valence-corrected chi connectivity index (χ0v) is 15.1. The number of hydrogen-bond acceptors (Lipinski definition) is 7. The second-order valence-corrected chi connectivity index (χ2v) is 6.95. The summed E-state index contributed by atoms with van der Waals surface area (Å²) in [6.45, 7) is 1.92. The van der Waals surface area contributed by atoms with E-state index >= 15 is 0 Å². The molecule has 2 atom stereocenters. The van der Waals surface area contributed by atoms with Crippen LogP contribution in [-0.4, -0.2) is 53.1 Å². The molecule has 2 aliphatic heterocycles. The molecule has 0 aromatic carbocycles. The Kier molecular flexibility index (Phi) is 4.60. The van der Waals surface area contributed by atoms with Gasteiger partial charge in [-0.1, -0.05) is 11.6 Å². The zero-order valence-electron chi connectivity index (χ0n) is 14.4. The number of nitrogens with zero attached hydrogens (tertiary/aromatic N) is 4. The van der Waals surface area contributed by atoms with Gasteiger partial charge in [-0.15, -0.1) is 0 Å². The Balaban J connectivity index is 1.50. The van der Waals surface area contributed by atoms with E-state index in [1.807, 2.05) is 6.07 Å². The summed E-state index contributed by atoms with van der Waals surface area (Å²) in [4.78, 5) is 27.0. The molecule has 1 amide bonds. The summed E-state index contributed by atoms with van der Waals surface area (Å²) < 4.78 is 0. The highest BCUT2D eigenvalue weighted by Gasteiger charge is 2.32. The fourth-order valence-electron chi connectivity index (χ4n) is 3.49. The normalized spacial score (nSPS) is 21.5. The van der Waals surface area contributed by atoms with Crippen LogP contribution in [0.5, 0.6) is 0 Å². The van der Waals surface area contributed by atoms with Gasteiger partial charge in [0.25, 0.3) is 5.91 Å². The van der Waals surface area contributed by atoms with Crippen molar-refractivity contribution in [3.63, 3.8) is 0 Å². The third-order valence-electron chi connectivity index (χ3n) is 4.72. The van der Waals surface area contributed by atoms with Crippen LogP contribution in [0, 0.1) is 0 Å². The van der Waals surface area contributed by atoms with Gasteiger partial charge in [-0.25, -0.2) is 9.97 Å². The van der Waals surface area contributed by atoms with Gasteiger partial charge < -0.3 is 20.9 Å². The summed E-state index contributed by atoms with van der Waals surface area (Å²) in [5.41, 5.74) is 0.811. The van der Waals surface area contributed by atoms with Crippen LogP contribution in [0.3, 0.4) is 0 Å². The Labute approximate surface area is 156 Å². The van der Waals surface area contributed by atoms with Gasteiger partial charge in [-0.2, -0.15) is 4.98 Å². The number of pyridine rings is 1. The van der Waals surface area contributed by atoms with Gasteiger partial charge in [-0.3, -0.25) is 4.79 Å². The third-order valence-corrected chi connectivity index (χ3v) is 5.01. The fraction of sp³-hybridized carbons (Fsp3) is 0.412. The SMILES string of the molecule is CNC(=O)c1ncc(Nc2nccc(N3C[C@H]4CC[C@@H](C3)N4)n2)cc1Cl. The minimum absolute atomic E-state index is 0.186. The fourth-order valence-corrected chi connectivity index (χ4v) is 3.74. The number of fused-ring (bicyclic) bond motifs is 2. The second kappa shape index (κ2) is 7.05. The van der Waals surface area contributed by atoms with Gasteiger partial charge in [0.1, 0.15) is 11.5 Å².